The molecule has 0 fully saturated rings. The third-order valence-electron chi connectivity index (χ3n) is 0.680. The fourth-order valence-electron chi connectivity index (χ4n) is 0.408. The Balaban J connectivity index is 0.000000490. The predicted octanol–water partition coefficient (Wildman–Crippen LogP) is -0.0731. The quantitative estimate of drug-likeness (QED) is 0.723. The molecule has 2 N–H and O–H groups in total. The monoisotopic (exact) mass is 280 g/mol. The van der Waals surface area contributed by atoms with Crippen molar-refractivity contribution in [1.29, 1.82) is 0 Å². The standard InChI is InChI=1S/C4H6N3.W/c1-3-2-4(5)7-6-3;/h2H,1H3,(H2-,5,6,7);/q-1;. The molecule has 0 aliphatic heterocycles. The summed E-state index contributed by atoms with van der Waals surface area (Å²) >= 11 is 0. The summed E-state index contributed by atoms with van der Waals surface area (Å²) in [7, 11) is 0. The summed E-state index contributed by atoms with van der Waals surface area (Å²) in [5.41, 5.74) is 6.08. The van der Waals surface area contributed by atoms with Crippen molar-refractivity contribution < 1.29 is 21.1 Å². The van der Waals surface area contributed by atoms with Crippen molar-refractivity contribution >= 4 is 5.82 Å². The summed E-state index contributed by atoms with van der Waals surface area (Å²) in [6.45, 7) is 1.85. The molecule has 0 aliphatic carbocycles. The zero-order chi connectivity index (χ0) is 5.28. The molecule has 1 aromatic heterocycles. The SMILES string of the molecule is Cc1cc(N)n[n-]1.[W]. The summed E-state index contributed by atoms with van der Waals surface area (Å²) in [5, 5.41) is 7.19. The van der Waals surface area contributed by atoms with Gasteiger partial charge in [-0.2, -0.15) is 0 Å². The first-order valence-corrected chi connectivity index (χ1v) is 2.01. The van der Waals surface area contributed by atoms with Crippen molar-refractivity contribution in [3.63, 3.8) is 0 Å². The first kappa shape index (κ1) is 7.70. The van der Waals surface area contributed by atoms with Crippen LogP contribution in [0.15, 0.2) is 6.07 Å². The summed E-state index contributed by atoms with van der Waals surface area (Å²) in [6.07, 6.45) is 0. The molecule has 1 heterocycles. The largest absolute Gasteiger partial charge is 0.577 e. The molecule has 0 saturated carbocycles. The van der Waals surface area contributed by atoms with Crippen LogP contribution < -0.4 is 10.8 Å². The molecule has 0 atom stereocenters. The van der Waals surface area contributed by atoms with Crippen molar-refractivity contribution in [2.75, 3.05) is 5.73 Å². The molecule has 8 heavy (non-hydrogen) atoms. The van der Waals surface area contributed by atoms with Gasteiger partial charge in [-0.25, -0.2) is 0 Å². The average Bonchev–Trinajstić information content (AvgIpc) is 1.87. The number of anilines is 1. The Bertz CT molecular complexity index is 144. The second-order valence-corrected chi connectivity index (χ2v) is 1.41. The van der Waals surface area contributed by atoms with E-state index in [1.165, 1.54) is 0 Å². The minimum absolute atomic E-state index is 0. The smallest absolute Gasteiger partial charge is 0.102 e. The molecule has 0 radical (unpaired) electrons. The van der Waals surface area contributed by atoms with Gasteiger partial charge in [-0.1, -0.05) is 6.92 Å². The van der Waals surface area contributed by atoms with E-state index < -0.39 is 0 Å². The summed E-state index contributed by atoms with van der Waals surface area (Å²) in [4.78, 5) is 0. The fraction of sp³-hybridized carbons (Fsp3) is 0.250. The van der Waals surface area contributed by atoms with Crippen LogP contribution in [0, 0.1) is 6.92 Å². The predicted molar refractivity (Wildman–Crippen MR) is 26.7 cm³/mol. The normalized spacial score (nSPS) is 8.12. The Morgan fingerprint density at radius 1 is 1.75 bits per heavy atom. The van der Waals surface area contributed by atoms with Gasteiger partial charge in [0.2, 0.25) is 0 Å². The molecule has 0 spiro atoms. The Kier molecular flexibility index (Phi) is 2.77. The maximum absolute atomic E-state index is 5.20. The molecule has 0 bridgehead atoms. The molecule has 1 rings (SSSR count). The molecule has 0 aliphatic rings. The van der Waals surface area contributed by atoms with Crippen molar-refractivity contribution in [1.82, 2.24) is 10.2 Å². The summed E-state index contributed by atoms with van der Waals surface area (Å²) in [6, 6.07) is 1.72. The van der Waals surface area contributed by atoms with E-state index in [0.717, 1.165) is 5.69 Å². The van der Waals surface area contributed by atoms with Gasteiger partial charge in [-0.15, -0.1) is 5.69 Å². The van der Waals surface area contributed by atoms with Gasteiger partial charge in [0.1, 0.15) is 5.82 Å². The van der Waals surface area contributed by atoms with Crippen molar-refractivity contribution in [2.45, 2.75) is 6.92 Å². The number of nitrogen functional groups attached to an aromatic ring is 1. The van der Waals surface area contributed by atoms with Crippen LogP contribution in [-0.4, -0.2) is 5.10 Å². The first-order chi connectivity index (χ1) is 3.29. The van der Waals surface area contributed by atoms with Crippen LogP contribution in [0.4, 0.5) is 5.82 Å². The average molecular weight is 280 g/mol. The molecule has 0 saturated heterocycles. The second kappa shape index (κ2) is 2.87. The van der Waals surface area contributed by atoms with Crippen LogP contribution in [0.25, 0.3) is 0 Å². The van der Waals surface area contributed by atoms with Crippen molar-refractivity contribution in [3.8, 4) is 0 Å². The zero-order valence-corrected chi connectivity index (χ0v) is 7.39. The maximum atomic E-state index is 5.20. The number of nitrogens with zero attached hydrogens (tertiary/aromatic N) is 2. The number of nitrogens with two attached hydrogens (primary N) is 1. The number of hydrogen-bond acceptors (Lipinski definition) is 2. The molecular weight excluding hydrogens is 274 g/mol. The summed E-state index contributed by atoms with van der Waals surface area (Å²) in [5.74, 6) is 0.498. The Morgan fingerprint density at radius 2 is 2.38 bits per heavy atom. The van der Waals surface area contributed by atoms with Gasteiger partial charge in [0.15, 0.2) is 0 Å². The topological polar surface area (TPSA) is 53.0 Å². The van der Waals surface area contributed by atoms with Gasteiger partial charge in [-0.05, 0) is 6.07 Å². The van der Waals surface area contributed by atoms with Gasteiger partial charge >= 0.3 is 0 Å². The third kappa shape index (κ3) is 1.66. The van der Waals surface area contributed by atoms with E-state index in [1.54, 1.807) is 6.07 Å². The third-order valence-corrected chi connectivity index (χ3v) is 0.680. The van der Waals surface area contributed by atoms with E-state index in [9.17, 15) is 0 Å². The molecule has 0 unspecified atom stereocenters. The summed E-state index contributed by atoms with van der Waals surface area (Å²) < 4.78 is 0. The van der Waals surface area contributed by atoms with Crippen LogP contribution in [-0.2, 0) is 21.1 Å². The van der Waals surface area contributed by atoms with E-state index >= 15 is 0 Å². The Morgan fingerprint density at radius 3 is 2.50 bits per heavy atom. The van der Waals surface area contributed by atoms with Gasteiger partial charge < -0.3 is 15.9 Å². The first-order valence-electron chi connectivity index (χ1n) is 2.01. The Hall–Kier alpha value is -0.302. The van der Waals surface area contributed by atoms with Gasteiger partial charge in [0, 0.05) is 21.1 Å². The molecule has 0 aromatic carbocycles. The van der Waals surface area contributed by atoms with E-state index in [2.05, 4.69) is 10.2 Å². The van der Waals surface area contributed by atoms with Crippen LogP contribution in [0.1, 0.15) is 5.69 Å². The number of aryl methyl sites for hydroxylation is 1. The number of hydrogen-bond donors (Lipinski definition) is 1. The Labute approximate surface area is 61.9 Å². The molecular formula is C4H6N3W-. The van der Waals surface area contributed by atoms with Crippen molar-refractivity contribution in [3.05, 3.63) is 11.8 Å². The van der Waals surface area contributed by atoms with Gasteiger partial charge in [0.05, 0.1) is 0 Å². The van der Waals surface area contributed by atoms with Crippen LogP contribution >= 0.6 is 0 Å². The maximum Gasteiger partial charge on any atom is 0.102 e. The number of aromatic nitrogens is 2. The van der Waals surface area contributed by atoms with E-state index in [-0.39, 0.29) is 21.1 Å². The molecule has 4 heteroatoms. The minimum atomic E-state index is 0. The zero-order valence-electron chi connectivity index (χ0n) is 4.46. The molecule has 44 valence electrons. The van der Waals surface area contributed by atoms with E-state index in [4.69, 9.17) is 5.73 Å². The van der Waals surface area contributed by atoms with E-state index in [0.29, 0.717) is 5.82 Å². The molecule has 0 amide bonds. The van der Waals surface area contributed by atoms with Gasteiger partial charge in [0.25, 0.3) is 0 Å². The van der Waals surface area contributed by atoms with Crippen molar-refractivity contribution in [2.24, 2.45) is 0 Å². The van der Waals surface area contributed by atoms with Crippen LogP contribution in [0.3, 0.4) is 0 Å². The van der Waals surface area contributed by atoms with Crippen LogP contribution in [0.2, 0.25) is 0 Å². The van der Waals surface area contributed by atoms with Crippen LogP contribution in [0.5, 0.6) is 0 Å². The number of rotatable bonds is 0. The van der Waals surface area contributed by atoms with Gasteiger partial charge in [-0.3, -0.25) is 0 Å². The molecule has 1 aromatic rings. The molecule has 3 nitrogen and oxygen atoms in total. The van der Waals surface area contributed by atoms with E-state index in [1.807, 2.05) is 6.92 Å². The second-order valence-electron chi connectivity index (χ2n) is 1.41. The minimum Gasteiger partial charge on any atom is -0.577 e. The fourth-order valence-corrected chi connectivity index (χ4v) is 0.408.